The fourth-order valence-electron chi connectivity index (χ4n) is 1.10. The number of hydrogen-bond donors (Lipinski definition) is 1. The average molecular weight is 291 g/mol. The Labute approximate surface area is 98.9 Å². The number of carbonyl (C=O) groups is 1. The van der Waals surface area contributed by atoms with Crippen LogP contribution in [0.25, 0.3) is 0 Å². The van der Waals surface area contributed by atoms with Gasteiger partial charge < -0.3 is 5.32 Å². The van der Waals surface area contributed by atoms with Crippen LogP contribution in [0.5, 0.6) is 0 Å². The second kappa shape index (κ2) is 5.55. The van der Waals surface area contributed by atoms with Crippen LogP contribution in [0.15, 0.2) is 18.2 Å². The summed E-state index contributed by atoms with van der Waals surface area (Å²) in [5, 5.41) is 13.6. The average Bonchev–Trinajstić information content (AvgIpc) is 2.25. The maximum Gasteiger partial charge on any atom is 0.285 e. The van der Waals surface area contributed by atoms with E-state index in [2.05, 4.69) is 21.2 Å². The number of benzene rings is 1. The summed E-state index contributed by atoms with van der Waals surface area (Å²) in [5.74, 6) is -1.34. The van der Waals surface area contributed by atoms with Crippen LogP contribution in [0.2, 0.25) is 0 Å². The zero-order valence-electron chi connectivity index (χ0n) is 8.07. The molecule has 0 unspecified atom stereocenters. The molecule has 0 aromatic heterocycles. The van der Waals surface area contributed by atoms with Gasteiger partial charge in [0.2, 0.25) is 0 Å². The van der Waals surface area contributed by atoms with Crippen molar-refractivity contribution in [2.75, 3.05) is 11.9 Å². The monoisotopic (exact) mass is 290 g/mol. The first-order valence-corrected chi connectivity index (χ1v) is 5.46. The highest BCUT2D eigenvalue weighted by molar-refractivity contribution is 9.09. The lowest BCUT2D eigenvalue weighted by atomic mass is 10.1. The van der Waals surface area contributed by atoms with Crippen molar-refractivity contribution < 1.29 is 14.1 Å². The molecule has 0 aliphatic carbocycles. The lowest BCUT2D eigenvalue weighted by Gasteiger charge is -2.03. The van der Waals surface area contributed by atoms with E-state index in [-0.39, 0.29) is 5.56 Å². The van der Waals surface area contributed by atoms with Gasteiger partial charge >= 0.3 is 0 Å². The Morgan fingerprint density at radius 1 is 1.56 bits per heavy atom. The van der Waals surface area contributed by atoms with Gasteiger partial charge in [-0.1, -0.05) is 15.9 Å². The van der Waals surface area contributed by atoms with Gasteiger partial charge in [0.25, 0.3) is 11.6 Å². The van der Waals surface area contributed by atoms with Gasteiger partial charge in [-0.3, -0.25) is 14.9 Å². The molecule has 0 saturated carbocycles. The molecule has 1 aromatic rings. The molecule has 1 rings (SSSR count). The summed E-state index contributed by atoms with van der Waals surface area (Å²) >= 11 is 3.10. The van der Waals surface area contributed by atoms with Gasteiger partial charge in [-0.2, -0.15) is 0 Å². The van der Waals surface area contributed by atoms with Crippen LogP contribution in [0.1, 0.15) is 10.4 Å². The fraction of sp³-hybridized carbons (Fsp3) is 0.222. The normalized spacial score (nSPS) is 9.88. The summed E-state index contributed by atoms with van der Waals surface area (Å²) < 4.78 is 12.8. The minimum absolute atomic E-state index is 0.146. The third-order valence-electron chi connectivity index (χ3n) is 1.78. The molecule has 0 aliphatic heterocycles. The zero-order chi connectivity index (χ0) is 12.1. The van der Waals surface area contributed by atoms with Crippen molar-refractivity contribution in [2.45, 2.75) is 0 Å². The molecule has 5 nitrogen and oxygen atoms in total. The molecule has 0 saturated heterocycles. The third kappa shape index (κ3) is 2.99. The molecule has 0 atom stereocenters. The summed E-state index contributed by atoms with van der Waals surface area (Å²) in [6.07, 6.45) is 0. The van der Waals surface area contributed by atoms with Crippen molar-refractivity contribution in [3.8, 4) is 0 Å². The number of nitrogens with one attached hydrogen (secondary N) is 1. The quantitative estimate of drug-likeness (QED) is 0.523. The van der Waals surface area contributed by atoms with Crippen molar-refractivity contribution in [1.82, 2.24) is 5.32 Å². The Kier molecular flexibility index (Phi) is 4.36. The molecular weight excluding hydrogens is 283 g/mol. The summed E-state index contributed by atoms with van der Waals surface area (Å²) in [4.78, 5) is 21.3. The highest BCUT2D eigenvalue weighted by Gasteiger charge is 2.20. The second-order valence-corrected chi connectivity index (χ2v) is 3.66. The number of halogens is 2. The Bertz CT molecular complexity index is 425. The van der Waals surface area contributed by atoms with Crippen LogP contribution in [0.4, 0.5) is 10.1 Å². The fourth-order valence-corrected chi connectivity index (χ4v) is 1.30. The highest BCUT2D eigenvalue weighted by atomic mass is 79.9. The molecule has 0 aliphatic rings. The molecule has 16 heavy (non-hydrogen) atoms. The van der Waals surface area contributed by atoms with E-state index < -0.39 is 22.3 Å². The first kappa shape index (κ1) is 12.6. The smallest absolute Gasteiger partial charge is 0.285 e. The molecule has 0 heterocycles. The van der Waals surface area contributed by atoms with Crippen molar-refractivity contribution in [3.05, 3.63) is 39.7 Å². The molecule has 1 amide bonds. The summed E-state index contributed by atoms with van der Waals surface area (Å²) in [6.45, 7) is 0.341. The van der Waals surface area contributed by atoms with E-state index in [4.69, 9.17) is 0 Å². The van der Waals surface area contributed by atoms with E-state index in [9.17, 15) is 19.3 Å². The summed E-state index contributed by atoms with van der Waals surface area (Å²) in [6, 6.07) is 2.83. The number of nitrogens with zero attached hydrogens (tertiary/aromatic N) is 1. The Morgan fingerprint density at radius 3 is 2.81 bits per heavy atom. The van der Waals surface area contributed by atoms with Crippen molar-refractivity contribution in [2.24, 2.45) is 0 Å². The molecule has 7 heteroatoms. The molecule has 0 fully saturated rings. The molecule has 0 radical (unpaired) electrons. The lowest BCUT2D eigenvalue weighted by Crippen LogP contribution is -2.25. The number of alkyl halides is 1. The SMILES string of the molecule is O=C(NCCBr)c1ccc(F)cc1[N+](=O)[O-]. The first-order valence-electron chi connectivity index (χ1n) is 4.34. The van der Waals surface area contributed by atoms with Crippen molar-refractivity contribution in [1.29, 1.82) is 0 Å². The minimum atomic E-state index is -0.786. The van der Waals surface area contributed by atoms with Gasteiger partial charge in [-0.15, -0.1) is 0 Å². The van der Waals surface area contributed by atoms with E-state index in [1.165, 1.54) is 0 Å². The van der Waals surface area contributed by atoms with Gasteiger partial charge in [-0.05, 0) is 12.1 Å². The largest absolute Gasteiger partial charge is 0.351 e. The Morgan fingerprint density at radius 2 is 2.25 bits per heavy atom. The van der Waals surface area contributed by atoms with Gasteiger partial charge in [0.1, 0.15) is 11.4 Å². The van der Waals surface area contributed by atoms with Crippen LogP contribution in [0, 0.1) is 15.9 Å². The van der Waals surface area contributed by atoms with Gasteiger partial charge in [0, 0.05) is 11.9 Å². The molecule has 86 valence electrons. The van der Waals surface area contributed by atoms with E-state index in [0.29, 0.717) is 11.9 Å². The zero-order valence-corrected chi connectivity index (χ0v) is 9.66. The molecule has 0 spiro atoms. The number of nitro groups is 1. The number of amides is 1. The highest BCUT2D eigenvalue weighted by Crippen LogP contribution is 2.19. The maximum absolute atomic E-state index is 12.8. The molecular formula is C9H8BrFN2O3. The second-order valence-electron chi connectivity index (χ2n) is 2.86. The third-order valence-corrected chi connectivity index (χ3v) is 2.18. The number of rotatable bonds is 4. The minimum Gasteiger partial charge on any atom is -0.351 e. The Hall–Kier alpha value is -1.50. The first-order chi connectivity index (χ1) is 7.56. The number of carbonyl (C=O) groups excluding carboxylic acids is 1. The molecule has 0 bridgehead atoms. The van der Waals surface area contributed by atoms with E-state index in [1.807, 2.05) is 0 Å². The summed E-state index contributed by atoms with van der Waals surface area (Å²) in [7, 11) is 0. The standard InChI is InChI=1S/C9H8BrFN2O3/c10-3-4-12-9(14)7-2-1-6(11)5-8(7)13(15)16/h1-2,5H,3-4H2,(H,12,14). The van der Waals surface area contributed by atoms with E-state index in [0.717, 1.165) is 18.2 Å². The van der Waals surface area contributed by atoms with E-state index >= 15 is 0 Å². The van der Waals surface area contributed by atoms with Gasteiger partial charge in [-0.25, -0.2) is 4.39 Å². The van der Waals surface area contributed by atoms with Crippen LogP contribution >= 0.6 is 15.9 Å². The van der Waals surface area contributed by atoms with Crippen LogP contribution < -0.4 is 5.32 Å². The van der Waals surface area contributed by atoms with Crippen molar-refractivity contribution >= 4 is 27.5 Å². The lowest BCUT2D eigenvalue weighted by molar-refractivity contribution is -0.385. The van der Waals surface area contributed by atoms with Gasteiger partial charge in [0.15, 0.2) is 0 Å². The topological polar surface area (TPSA) is 72.2 Å². The van der Waals surface area contributed by atoms with E-state index in [1.54, 1.807) is 0 Å². The van der Waals surface area contributed by atoms with Gasteiger partial charge in [0.05, 0.1) is 11.0 Å². The predicted octanol–water partition coefficient (Wildman–Crippen LogP) is 1.86. The molecule has 1 aromatic carbocycles. The number of nitro benzene ring substituents is 1. The Balaban J connectivity index is 3.03. The van der Waals surface area contributed by atoms with Crippen LogP contribution in [-0.4, -0.2) is 22.7 Å². The maximum atomic E-state index is 12.8. The number of hydrogen-bond acceptors (Lipinski definition) is 3. The van der Waals surface area contributed by atoms with Crippen LogP contribution in [-0.2, 0) is 0 Å². The molecule has 1 N–H and O–H groups in total. The van der Waals surface area contributed by atoms with Crippen LogP contribution in [0.3, 0.4) is 0 Å². The van der Waals surface area contributed by atoms with Crippen molar-refractivity contribution in [3.63, 3.8) is 0 Å². The predicted molar refractivity (Wildman–Crippen MR) is 59.2 cm³/mol. The summed E-state index contributed by atoms with van der Waals surface area (Å²) in [5.41, 5.74) is -0.681.